The fourth-order valence-electron chi connectivity index (χ4n) is 1.38. The first-order valence-corrected chi connectivity index (χ1v) is 5.17. The van der Waals surface area contributed by atoms with Gasteiger partial charge in [0.15, 0.2) is 5.60 Å². The fraction of sp³-hybridized carbons (Fsp3) is 0.417. The number of hydrogen-bond donors (Lipinski definition) is 2. The molecule has 1 aromatic carbocycles. The van der Waals surface area contributed by atoms with E-state index in [9.17, 15) is 14.3 Å². The highest BCUT2D eigenvalue weighted by Crippen LogP contribution is 2.17. The van der Waals surface area contributed by atoms with E-state index in [1.165, 1.54) is 26.2 Å². The lowest BCUT2D eigenvalue weighted by Gasteiger charge is -2.21. The first-order valence-electron chi connectivity index (χ1n) is 5.17. The van der Waals surface area contributed by atoms with E-state index >= 15 is 0 Å². The zero-order valence-electron chi connectivity index (χ0n) is 10.1. The topological polar surface area (TPSA) is 58.6 Å². The van der Waals surface area contributed by atoms with Crippen molar-refractivity contribution in [3.05, 3.63) is 29.6 Å². The van der Waals surface area contributed by atoms with Crippen molar-refractivity contribution in [1.82, 2.24) is 0 Å². The van der Waals surface area contributed by atoms with Crippen LogP contribution < -0.4 is 5.32 Å². The van der Waals surface area contributed by atoms with Crippen LogP contribution in [0.4, 0.5) is 10.1 Å². The van der Waals surface area contributed by atoms with E-state index < -0.39 is 11.6 Å². The molecule has 0 fully saturated rings. The molecule has 2 N–H and O–H groups in total. The minimum atomic E-state index is -1.62. The highest BCUT2D eigenvalue weighted by molar-refractivity contribution is 5.79. The molecule has 1 rings (SSSR count). The quantitative estimate of drug-likeness (QED) is 0.784. The number of anilines is 1. The summed E-state index contributed by atoms with van der Waals surface area (Å²) in [6.45, 7) is 3.08. The van der Waals surface area contributed by atoms with Crippen LogP contribution >= 0.6 is 0 Å². The van der Waals surface area contributed by atoms with Crippen molar-refractivity contribution in [3.8, 4) is 0 Å². The average Bonchev–Trinajstić information content (AvgIpc) is 2.26. The third-order valence-electron chi connectivity index (χ3n) is 2.44. The van der Waals surface area contributed by atoms with Gasteiger partial charge in [-0.05, 0) is 37.6 Å². The highest BCUT2D eigenvalue weighted by Gasteiger charge is 2.31. The third-order valence-corrected chi connectivity index (χ3v) is 2.44. The number of hydrogen-bond acceptors (Lipinski definition) is 4. The minimum Gasteiger partial charge on any atom is -0.467 e. The second-order valence-electron chi connectivity index (χ2n) is 4.08. The Balaban J connectivity index is 2.70. The number of benzene rings is 1. The number of carbonyl (C=O) groups is 1. The van der Waals surface area contributed by atoms with Gasteiger partial charge >= 0.3 is 5.97 Å². The molecule has 0 aliphatic carbocycles. The summed E-state index contributed by atoms with van der Waals surface area (Å²) in [5.74, 6) is -1.04. The van der Waals surface area contributed by atoms with Gasteiger partial charge in [0.05, 0.1) is 13.7 Å². The Bertz CT molecular complexity index is 418. The van der Waals surface area contributed by atoms with Crippen LogP contribution in [0.15, 0.2) is 18.2 Å². The molecule has 0 radical (unpaired) electrons. The zero-order valence-corrected chi connectivity index (χ0v) is 10.1. The number of nitrogens with one attached hydrogen (secondary N) is 1. The number of halogens is 1. The molecule has 0 amide bonds. The summed E-state index contributed by atoms with van der Waals surface area (Å²) in [5.41, 5.74) is -0.253. The van der Waals surface area contributed by atoms with Gasteiger partial charge in [-0.25, -0.2) is 9.18 Å². The van der Waals surface area contributed by atoms with Crippen LogP contribution in [0.1, 0.15) is 12.5 Å². The molecular formula is C12H16FNO3. The highest BCUT2D eigenvalue weighted by atomic mass is 19.1. The molecule has 1 aromatic rings. The molecule has 1 atom stereocenters. The molecule has 5 heteroatoms. The Labute approximate surface area is 99.4 Å². The Morgan fingerprint density at radius 1 is 1.59 bits per heavy atom. The van der Waals surface area contributed by atoms with Crippen molar-refractivity contribution < 1.29 is 19.0 Å². The zero-order chi connectivity index (χ0) is 13.1. The summed E-state index contributed by atoms with van der Waals surface area (Å²) in [6.07, 6.45) is 0. The monoisotopic (exact) mass is 241 g/mol. The van der Waals surface area contributed by atoms with E-state index in [1.54, 1.807) is 13.0 Å². The standard InChI is InChI=1S/C12H16FNO3/c1-8-6-9(13)4-5-10(8)14-7-12(2,16)11(15)17-3/h4-6,14,16H,7H2,1-3H3. The van der Waals surface area contributed by atoms with Crippen LogP contribution in [-0.4, -0.2) is 30.3 Å². The molecule has 0 saturated heterocycles. The van der Waals surface area contributed by atoms with Crippen molar-refractivity contribution in [2.24, 2.45) is 0 Å². The predicted molar refractivity (Wildman–Crippen MR) is 62.3 cm³/mol. The van der Waals surface area contributed by atoms with E-state index in [1.807, 2.05) is 0 Å². The van der Waals surface area contributed by atoms with Gasteiger partial charge in [-0.3, -0.25) is 0 Å². The molecule has 17 heavy (non-hydrogen) atoms. The minimum absolute atomic E-state index is 0.00779. The maximum Gasteiger partial charge on any atom is 0.339 e. The van der Waals surface area contributed by atoms with Crippen molar-refractivity contribution in [2.75, 3.05) is 19.0 Å². The van der Waals surface area contributed by atoms with Crippen LogP contribution in [0.3, 0.4) is 0 Å². The largest absolute Gasteiger partial charge is 0.467 e. The van der Waals surface area contributed by atoms with E-state index in [0.29, 0.717) is 11.3 Å². The number of aliphatic hydroxyl groups is 1. The summed E-state index contributed by atoms with van der Waals surface area (Å²) in [4.78, 5) is 11.2. The normalized spacial score (nSPS) is 13.9. The Morgan fingerprint density at radius 3 is 2.76 bits per heavy atom. The second kappa shape index (κ2) is 5.14. The third kappa shape index (κ3) is 3.42. The number of methoxy groups -OCH3 is 1. The van der Waals surface area contributed by atoms with Crippen molar-refractivity contribution in [1.29, 1.82) is 0 Å². The van der Waals surface area contributed by atoms with Gasteiger partial charge in [0.2, 0.25) is 0 Å². The van der Waals surface area contributed by atoms with E-state index in [2.05, 4.69) is 10.1 Å². The fourth-order valence-corrected chi connectivity index (χ4v) is 1.38. The van der Waals surface area contributed by atoms with Crippen LogP contribution in [0.25, 0.3) is 0 Å². The lowest BCUT2D eigenvalue weighted by Crippen LogP contribution is -2.42. The molecule has 0 aromatic heterocycles. The maximum atomic E-state index is 12.9. The smallest absolute Gasteiger partial charge is 0.339 e. The molecule has 0 saturated carbocycles. The van der Waals surface area contributed by atoms with Crippen molar-refractivity contribution in [3.63, 3.8) is 0 Å². The number of aryl methyl sites for hydroxylation is 1. The summed E-state index contributed by atoms with van der Waals surface area (Å²) < 4.78 is 17.3. The molecule has 0 bridgehead atoms. The van der Waals surface area contributed by atoms with E-state index in [-0.39, 0.29) is 12.4 Å². The van der Waals surface area contributed by atoms with E-state index in [4.69, 9.17) is 0 Å². The Hall–Kier alpha value is -1.62. The maximum absolute atomic E-state index is 12.9. The van der Waals surface area contributed by atoms with Gasteiger partial charge in [-0.2, -0.15) is 0 Å². The van der Waals surface area contributed by atoms with Gasteiger partial charge in [0, 0.05) is 5.69 Å². The lowest BCUT2D eigenvalue weighted by atomic mass is 10.1. The molecule has 1 unspecified atom stereocenters. The van der Waals surface area contributed by atoms with E-state index in [0.717, 1.165) is 0 Å². The van der Waals surface area contributed by atoms with Gasteiger partial charge < -0.3 is 15.2 Å². The Kier molecular flexibility index (Phi) is 4.07. The first kappa shape index (κ1) is 13.4. The summed E-state index contributed by atoms with van der Waals surface area (Å²) >= 11 is 0. The number of ether oxygens (including phenoxy) is 1. The predicted octanol–water partition coefficient (Wildman–Crippen LogP) is 1.47. The van der Waals surface area contributed by atoms with Gasteiger partial charge in [0.25, 0.3) is 0 Å². The molecule has 0 aliphatic heterocycles. The summed E-state index contributed by atoms with van der Waals surface area (Å²) in [7, 11) is 1.21. The van der Waals surface area contributed by atoms with Crippen molar-refractivity contribution >= 4 is 11.7 Å². The van der Waals surface area contributed by atoms with Crippen molar-refractivity contribution in [2.45, 2.75) is 19.4 Å². The summed E-state index contributed by atoms with van der Waals surface area (Å²) in [5, 5.41) is 12.7. The molecule has 4 nitrogen and oxygen atoms in total. The molecular weight excluding hydrogens is 225 g/mol. The Morgan fingerprint density at radius 2 is 2.24 bits per heavy atom. The number of esters is 1. The molecule has 0 spiro atoms. The van der Waals surface area contributed by atoms with Crippen LogP contribution in [0.5, 0.6) is 0 Å². The molecule has 0 aliphatic rings. The van der Waals surface area contributed by atoms with Gasteiger partial charge in [-0.1, -0.05) is 0 Å². The number of carbonyl (C=O) groups excluding carboxylic acids is 1. The SMILES string of the molecule is COC(=O)C(C)(O)CNc1ccc(F)cc1C. The van der Waals surface area contributed by atoms with Crippen LogP contribution in [0, 0.1) is 12.7 Å². The van der Waals surface area contributed by atoms with Gasteiger partial charge in [0.1, 0.15) is 5.82 Å². The van der Waals surface area contributed by atoms with Crippen LogP contribution in [-0.2, 0) is 9.53 Å². The first-order chi connectivity index (χ1) is 7.86. The van der Waals surface area contributed by atoms with Crippen LogP contribution in [0.2, 0.25) is 0 Å². The van der Waals surface area contributed by atoms with Gasteiger partial charge in [-0.15, -0.1) is 0 Å². The molecule has 94 valence electrons. The lowest BCUT2D eigenvalue weighted by molar-refractivity contribution is -0.158. The average molecular weight is 241 g/mol. The summed E-state index contributed by atoms with van der Waals surface area (Å²) in [6, 6.07) is 4.23. The molecule has 0 heterocycles. The second-order valence-corrected chi connectivity index (χ2v) is 4.08. The number of rotatable bonds is 4.